The minimum atomic E-state index is 0.540. The lowest BCUT2D eigenvalue weighted by Gasteiger charge is -2.25. The van der Waals surface area contributed by atoms with Crippen molar-refractivity contribution in [1.82, 2.24) is 10.6 Å². The Bertz CT molecular complexity index is 516. The summed E-state index contributed by atoms with van der Waals surface area (Å²) in [6.07, 6.45) is 1.08. The van der Waals surface area contributed by atoms with E-state index < -0.39 is 0 Å². The third-order valence-corrected chi connectivity index (χ3v) is 3.69. The van der Waals surface area contributed by atoms with Gasteiger partial charge in [-0.1, -0.05) is 54.6 Å². The molecule has 1 fully saturated rings. The van der Waals surface area contributed by atoms with E-state index in [-0.39, 0.29) is 0 Å². The summed E-state index contributed by atoms with van der Waals surface area (Å²) in [6.45, 7) is 3.21. The first-order valence-corrected chi connectivity index (χ1v) is 7.01. The molecule has 2 aromatic carbocycles. The maximum atomic E-state index is 3.58. The van der Waals surface area contributed by atoms with Crippen LogP contribution in [0.3, 0.4) is 0 Å². The molecule has 1 heterocycles. The number of nitrogens with one attached hydrogen (secondary N) is 2. The summed E-state index contributed by atoms with van der Waals surface area (Å²) in [7, 11) is 0. The van der Waals surface area contributed by atoms with Gasteiger partial charge in [-0.2, -0.15) is 0 Å². The Morgan fingerprint density at radius 2 is 1.68 bits per heavy atom. The molecule has 2 aromatic rings. The summed E-state index contributed by atoms with van der Waals surface area (Å²) < 4.78 is 0. The number of hydrogen-bond donors (Lipinski definition) is 2. The third-order valence-electron chi connectivity index (χ3n) is 3.69. The smallest absolute Gasteiger partial charge is 0.0233 e. The quantitative estimate of drug-likeness (QED) is 0.877. The molecule has 2 nitrogen and oxygen atoms in total. The van der Waals surface area contributed by atoms with Crippen molar-refractivity contribution < 1.29 is 0 Å². The first-order valence-electron chi connectivity index (χ1n) is 7.01. The molecule has 1 aliphatic rings. The van der Waals surface area contributed by atoms with Crippen molar-refractivity contribution in [2.45, 2.75) is 12.5 Å². The van der Waals surface area contributed by atoms with Gasteiger partial charge in [-0.25, -0.2) is 0 Å². The van der Waals surface area contributed by atoms with E-state index in [4.69, 9.17) is 0 Å². The van der Waals surface area contributed by atoms with Gasteiger partial charge in [0.25, 0.3) is 0 Å². The van der Waals surface area contributed by atoms with Gasteiger partial charge in [-0.15, -0.1) is 0 Å². The molecule has 0 saturated carbocycles. The van der Waals surface area contributed by atoms with E-state index in [1.165, 1.54) is 16.7 Å². The zero-order chi connectivity index (χ0) is 12.9. The SMILES string of the molecule is c1ccc(-c2ccccc2CC2CNCCN2)cc1. The Morgan fingerprint density at radius 1 is 0.895 bits per heavy atom. The lowest BCUT2D eigenvalue weighted by atomic mass is 9.95. The van der Waals surface area contributed by atoms with Crippen molar-refractivity contribution in [2.24, 2.45) is 0 Å². The van der Waals surface area contributed by atoms with Gasteiger partial charge in [0.15, 0.2) is 0 Å². The van der Waals surface area contributed by atoms with Gasteiger partial charge < -0.3 is 10.6 Å². The Labute approximate surface area is 114 Å². The molecule has 0 radical (unpaired) electrons. The zero-order valence-electron chi connectivity index (χ0n) is 11.1. The van der Waals surface area contributed by atoms with Gasteiger partial charge >= 0.3 is 0 Å². The highest BCUT2D eigenvalue weighted by Gasteiger charge is 2.14. The monoisotopic (exact) mass is 252 g/mol. The van der Waals surface area contributed by atoms with E-state index in [0.717, 1.165) is 26.1 Å². The highest BCUT2D eigenvalue weighted by molar-refractivity contribution is 5.67. The molecular formula is C17H20N2. The summed E-state index contributed by atoms with van der Waals surface area (Å²) in [4.78, 5) is 0. The van der Waals surface area contributed by atoms with Gasteiger partial charge in [-0.3, -0.25) is 0 Å². The van der Waals surface area contributed by atoms with Crippen molar-refractivity contribution in [3.63, 3.8) is 0 Å². The first kappa shape index (κ1) is 12.4. The lowest BCUT2D eigenvalue weighted by molar-refractivity contribution is 0.417. The van der Waals surface area contributed by atoms with Crippen LogP contribution in [0.4, 0.5) is 0 Å². The maximum absolute atomic E-state index is 3.58. The molecule has 0 spiro atoms. The number of rotatable bonds is 3. The van der Waals surface area contributed by atoms with Crippen LogP contribution in [0.25, 0.3) is 11.1 Å². The van der Waals surface area contributed by atoms with Crippen LogP contribution in [0.2, 0.25) is 0 Å². The minimum absolute atomic E-state index is 0.540. The lowest BCUT2D eigenvalue weighted by Crippen LogP contribution is -2.49. The van der Waals surface area contributed by atoms with Crippen LogP contribution >= 0.6 is 0 Å². The van der Waals surface area contributed by atoms with Crippen molar-refractivity contribution in [1.29, 1.82) is 0 Å². The standard InChI is InChI=1S/C17H20N2/c1-2-6-14(7-3-1)17-9-5-4-8-15(17)12-16-13-18-10-11-19-16/h1-9,16,18-19H,10-13H2. The molecule has 2 heteroatoms. The van der Waals surface area contributed by atoms with Gasteiger partial charge in [0, 0.05) is 25.7 Å². The molecule has 1 atom stereocenters. The van der Waals surface area contributed by atoms with Crippen LogP contribution in [0.1, 0.15) is 5.56 Å². The van der Waals surface area contributed by atoms with E-state index in [9.17, 15) is 0 Å². The topological polar surface area (TPSA) is 24.1 Å². The highest BCUT2D eigenvalue weighted by Crippen LogP contribution is 2.24. The average molecular weight is 252 g/mol. The number of piperazine rings is 1. The summed E-state index contributed by atoms with van der Waals surface area (Å²) in [6, 6.07) is 19.9. The molecule has 1 saturated heterocycles. The number of benzene rings is 2. The molecule has 2 N–H and O–H groups in total. The molecule has 0 bridgehead atoms. The average Bonchev–Trinajstić information content (AvgIpc) is 2.50. The van der Waals surface area contributed by atoms with Crippen LogP contribution in [0.15, 0.2) is 54.6 Å². The molecule has 0 amide bonds. The Kier molecular flexibility index (Phi) is 3.92. The van der Waals surface area contributed by atoms with E-state index >= 15 is 0 Å². The molecule has 98 valence electrons. The number of hydrogen-bond acceptors (Lipinski definition) is 2. The van der Waals surface area contributed by atoms with E-state index in [0.29, 0.717) is 6.04 Å². The predicted octanol–water partition coefficient (Wildman–Crippen LogP) is 2.46. The Balaban J connectivity index is 1.85. The first-order chi connectivity index (χ1) is 9.43. The van der Waals surface area contributed by atoms with Gasteiger partial charge in [0.2, 0.25) is 0 Å². The normalized spacial score (nSPS) is 19.3. The minimum Gasteiger partial charge on any atom is -0.314 e. The molecular weight excluding hydrogens is 232 g/mol. The molecule has 0 aromatic heterocycles. The van der Waals surface area contributed by atoms with Crippen molar-refractivity contribution in [2.75, 3.05) is 19.6 Å². The summed E-state index contributed by atoms with van der Waals surface area (Å²) in [5.74, 6) is 0. The molecule has 19 heavy (non-hydrogen) atoms. The molecule has 0 aliphatic carbocycles. The van der Waals surface area contributed by atoms with Crippen LogP contribution in [0.5, 0.6) is 0 Å². The second-order valence-electron chi connectivity index (χ2n) is 5.08. The molecule has 1 unspecified atom stereocenters. The predicted molar refractivity (Wildman–Crippen MR) is 80.2 cm³/mol. The largest absolute Gasteiger partial charge is 0.314 e. The van der Waals surface area contributed by atoms with Gasteiger partial charge in [-0.05, 0) is 23.1 Å². The summed E-state index contributed by atoms with van der Waals surface area (Å²) in [5.41, 5.74) is 4.09. The van der Waals surface area contributed by atoms with Crippen LogP contribution in [-0.2, 0) is 6.42 Å². The fourth-order valence-corrected chi connectivity index (χ4v) is 2.72. The van der Waals surface area contributed by atoms with Crippen molar-refractivity contribution in [3.05, 3.63) is 60.2 Å². The summed E-state index contributed by atoms with van der Waals surface area (Å²) in [5, 5.41) is 7.04. The van der Waals surface area contributed by atoms with Crippen LogP contribution in [-0.4, -0.2) is 25.7 Å². The Hall–Kier alpha value is -1.64. The van der Waals surface area contributed by atoms with Gasteiger partial charge in [0.1, 0.15) is 0 Å². The second-order valence-corrected chi connectivity index (χ2v) is 5.08. The van der Waals surface area contributed by atoms with Crippen LogP contribution in [0, 0.1) is 0 Å². The fraction of sp³-hybridized carbons (Fsp3) is 0.294. The van der Waals surface area contributed by atoms with Crippen molar-refractivity contribution >= 4 is 0 Å². The maximum Gasteiger partial charge on any atom is 0.0233 e. The summed E-state index contributed by atoms with van der Waals surface area (Å²) >= 11 is 0. The Morgan fingerprint density at radius 3 is 2.47 bits per heavy atom. The molecule has 1 aliphatic heterocycles. The van der Waals surface area contributed by atoms with Gasteiger partial charge in [0.05, 0.1) is 0 Å². The zero-order valence-corrected chi connectivity index (χ0v) is 11.1. The van der Waals surface area contributed by atoms with E-state index in [1.807, 2.05) is 0 Å². The second kappa shape index (κ2) is 6.00. The van der Waals surface area contributed by atoms with Crippen LogP contribution < -0.4 is 10.6 Å². The third kappa shape index (κ3) is 3.03. The van der Waals surface area contributed by atoms with Crippen molar-refractivity contribution in [3.8, 4) is 11.1 Å². The highest BCUT2D eigenvalue weighted by atomic mass is 15.0. The van der Waals surface area contributed by atoms with E-state index in [1.54, 1.807) is 0 Å². The molecule has 3 rings (SSSR count). The van der Waals surface area contributed by atoms with E-state index in [2.05, 4.69) is 65.2 Å². The fourth-order valence-electron chi connectivity index (χ4n) is 2.72.